The lowest BCUT2D eigenvalue weighted by molar-refractivity contribution is 0.328. The van der Waals surface area contributed by atoms with Crippen molar-refractivity contribution in [1.29, 1.82) is 0 Å². The van der Waals surface area contributed by atoms with E-state index < -0.39 is 0 Å². The standard InChI is InChI=1S/C22H27N7O/c1-6-30-22-17(8-7-9-23-22)18-10-19(24-11-16-12-28(5)13-25-16)21-20(14(2)3)26-15(4)29(21)27-18/h7-10,12-14,24H,6,11H2,1-5H3. The number of pyridine rings is 1. The summed E-state index contributed by atoms with van der Waals surface area (Å²) in [6.45, 7) is 9.36. The molecule has 0 aliphatic rings. The quantitative estimate of drug-likeness (QED) is 0.501. The van der Waals surface area contributed by atoms with E-state index in [-0.39, 0.29) is 5.92 Å². The van der Waals surface area contributed by atoms with E-state index in [1.165, 1.54) is 0 Å². The smallest absolute Gasteiger partial charge is 0.222 e. The van der Waals surface area contributed by atoms with Crippen molar-refractivity contribution in [3.05, 3.63) is 54.1 Å². The van der Waals surface area contributed by atoms with Gasteiger partial charge in [-0.2, -0.15) is 5.10 Å². The number of hydrogen-bond acceptors (Lipinski definition) is 6. The maximum atomic E-state index is 5.74. The molecule has 0 fully saturated rings. The molecular formula is C22H27N7O. The third kappa shape index (κ3) is 3.72. The predicted molar refractivity (Wildman–Crippen MR) is 117 cm³/mol. The van der Waals surface area contributed by atoms with Gasteiger partial charge in [-0.3, -0.25) is 0 Å². The molecule has 0 unspecified atom stereocenters. The Kier molecular flexibility index (Phi) is 5.39. The zero-order chi connectivity index (χ0) is 21.3. The second-order valence-corrected chi connectivity index (χ2v) is 7.58. The Labute approximate surface area is 176 Å². The summed E-state index contributed by atoms with van der Waals surface area (Å²) < 4.78 is 9.59. The number of fused-ring (bicyclic) bond motifs is 1. The molecular weight excluding hydrogens is 378 g/mol. The van der Waals surface area contributed by atoms with Crippen molar-refractivity contribution in [3.63, 3.8) is 0 Å². The molecule has 4 heterocycles. The molecule has 4 aromatic heterocycles. The van der Waals surface area contributed by atoms with E-state index in [0.717, 1.165) is 39.7 Å². The fourth-order valence-electron chi connectivity index (χ4n) is 3.51. The average Bonchev–Trinajstić information content (AvgIpc) is 3.30. The van der Waals surface area contributed by atoms with Gasteiger partial charge in [0.05, 0.1) is 47.8 Å². The molecule has 156 valence electrons. The highest BCUT2D eigenvalue weighted by Crippen LogP contribution is 2.33. The molecule has 0 aliphatic heterocycles. The monoisotopic (exact) mass is 405 g/mol. The fourth-order valence-corrected chi connectivity index (χ4v) is 3.51. The van der Waals surface area contributed by atoms with E-state index >= 15 is 0 Å². The van der Waals surface area contributed by atoms with Crippen molar-refractivity contribution >= 4 is 11.2 Å². The molecule has 8 heteroatoms. The van der Waals surface area contributed by atoms with Gasteiger partial charge >= 0.3 is 0 Å². The number of ether oxygens (including phenoxy) is 1. The molecule has 0 aromatic carbocycles. The van der Waals surface area contributed by atoms with Gasteiger partial charge in [-0.25, -0.2) is 19.5 Å². The molecule has 30 heavy (non-hydrogen) atoms. The Hall–Kier alpha value is -3.42. The van der Waals surface area contributed by atoms with Crippen LogP contribution in [0.25, 0.3) is 16.8 Å². The maximum Gasteiger partial charge on any atom is 0.222 e. The number of nitrogens with one attached hydrogen (secondary N) is 1. The van der Waals surface area contributed by atoms with Crippen LogP contribution in [0.2, 0.25) is 0 Å². The first kappa shape index (κ1) is 19.9. The lowest BCUT2D eigenvalue weighted by Crippen LogP contribution is -2.07. The van der Waals surface area contributed by atoms with Crippen molar-refractivity contribution in [3.8, 4) is 17.1 Å². The number of aryl methyl sites for hydroxylation is 2. The minimum Gasteiger partial charge on any atom is -0.477 e. The van der Waals surface area contributed by atoms with Crippen molar-refractivity contribution in [2.45, 2.75) is 40.2 Å². The van der Waals surface area contributed by atoms with Gasteiger partial charge in [-0.05, 0) is 38.0 Å². The van der Waals surface area contributed by atoms with E-state index in [4.69, 9.17) is 14.8 Å². The van der Waals surface area contributed by atoms with Crippen molar-refractivity contribution in [2.24, 2.45) is 7.05 Å². The van der Waals surface area contributed by atoms with Crippen LogP contribution in [0, 0.1) is 6.92 Å². The molecule has 1 N–H and O–H groups in total. The van der Waals surface area contributed by atoms with E-state index in [9.17, 15) is 0 Å². The predicted octanol–water partition coefficient (Wildman–Crippen LogP) is 3.97. The van der Waals surface area contributed by atoms with Crippen LogP contribution in [-0.2, 0) is 13.6 Å². The molecule has 0 atom stereocenters. The summed E-state index contributed by atoms with van der Waals surface area (Å²) >= 11 is 0. The van der Waals surface area contributed by atoms with E-state index in [2.05, 4.69) is 29.1 Å². The first-order valence-corrected chi connectivity index (χ1v) is 10.2. The Morgan fingerprint density at radius 1 is 1.23 bits per heavy atom. The highest BCUT2D eigenvalue weighted by molar-refractivity contribution is 5.80. The van der Waals surface area contributed by atoms with Gasteiger partial charge in [-0.15, -0.1) is 0 Å². The Morgan fingerprint density at radius 2 is 2.07 bits per heavy atom. The number of rotatable bonds is 7. The molecule has 4 rings (SSSR count). The molecule has 0 saturated heterocycles. The normalized spacial score (nSPS) is 11.4. The highest BCUT2D eigenvalue weighted by Gasteiger charge is 2.20. The first-order valence-electron chi connectivity index (χ1n) is 10.2. The van der Waals surface area contributed by atoms with Crippen molar-refractivity contribution in [1.82, 2.24) is 29.1 Å². The van der Waals surface area contributed by atoms with Gasteiger partial charge < -0.3 is 14.6 Å². The van der Waals surface area contributed by atoms with Crippen LogP contribution >= 0.6 is 0 Å². The number of aromatic nitrogens is 6. The fraction of sp³-hybridized carbons (Fsp3) is 0.364. The van der Waals surface area contributed by atoms with E-state index in [0.29, 0.717) is 19.0 Å². The lowest BCUT2D eigenvalue weighted by atomic mass is 10.1. The third-order valence-corrected chi connectivity index (χ3v) is 4.88. The molecule has 0 amide bonds. The second kappa shape index (κ2) is 8.14. The summed E-state index contributed by atoms with van der Waals surface area (Å²) in [7, 11) is 1.97. The number of imidazole rings is 2. The molecule has 8 nitrogen and oxygen atoms in total. The van der Waals surface area contributed by atoms with Crippen LogP contribution in [0.5, 0.6) is 5.88 Å². The zero-order valence-electron chi connectivity index (χ0n) is 18.0. The van der Waals surface area contributed by atoms with Crippen LogP contribution in [0.1, 0.15) is 43.9 Å². The average molecular weight is 406 g/mol. The van der Waals surface area contributed by atoms with Gasteiger partial charge in [0.1, 0.15) is 11.3 Å². The van der Waals surface area contributed by atoms with Crippen molar-refractivity contribution in [2.75, 3.05) is 11.9 Å². The van der Waals surface area contributed by atoms with Crippen LogP contribution in [0.15, 0.2) is 36.9 Å². The number of anilines is 1. The minimum atomic E-state index is 0.272. The van der Waals surface area contributed by atoms with E-state index in [1.54, 1.807) is 12.5 Å². The van der Waals surface area contributed by atoms with Crippen LogP contribution in [0.4, 0.5) is 5.69 Å². The topological polar surface area (TPSA) is 82.2 Å². The Balaban J connectivity index is 1.86. The lowest BCUT2D eigenvalue weighted by Gasteiger charge is -2.14. The van der Waals surface area contributed by atoms with Gasteiger partial charge in [-0.1, -0.05) is 13.8 Å². The SMILES string of the molecule is CCOc1ncccc1-c1cc(NCc2cn(C)cn2)c2c(C(C)C)nc(C)n2n1. The summed E-state index contributed by atoms with van der Waals surface area (Å²) in [6.07, 6.45) is 5.54. The molecule has 4 aromatic rings. The van der Waals surface area contributed by atoms with Crippen molar-refractivity contribution < 1.29 is 4.74 Å². The molecule has 0 aliphatic carbocycles. The largest absolute Gasteiger partial charge is 0.477 e. The summed E-state index contributed by atoms with van der Waals surface area (Å²) in [5, 5.41) is 8.43. The summed E-state index contributed by atoms with van der Waals surface area (Å²) in [5.41, 5.74) is 5.56. The highest BCUT2D eigenvalue weighted by atomic mass is 16.5. The van der Waals surface area contributed by atoms with Crippen LogP contribution in [0.3, 0.4) is 0 Å². The van der Waals surface area contributed by atoms with Gasteiger partial charge in [0.2, 0.25) is 5.88 Å². The zero-order valence-corrected chi connectivity index (χ0v) is 18.0. The van der Waals surface area contributed by atoms with Crippen LogP contribution < -0.4 is 10.1 Å². The summed E-state index contributed by atoms with van der Waals surface area (Å²) in [4.78, 5) is 13.6. The Morgan fingerprint density at radius 3 is 2.77 bits per heavy atom. The summed E-state index contributed by atoms with van der Waals surface area (Å²) in [5.74, 6) is 1.69. The second-order valence-electron chi connectivity index (χ2n) is 7.58. The van der Waals surface area contributed by atoms with Crippen LogP contribution in [-0.4, -0.2) is 35.7 Å². The Bertz CT molecular complexity index is 1180. The first-order chi connectivity index (χ1) is 14.5. The third-order valence-electron chi connectivity index (χ3n) is 4.88. The minimum absolute atomic E-state index is 0.272. The van der Waals surface area contributed by atoms with Gasteiger partial charge in [0, 0.05) is 19.4 Å². The molecule has 0 saturated carbocycles. The summed E-state index contributed by atoms with van der Waals surface area (Å²) in [6, 6.07) is 5.92. The molecule has 0 bridgehead atoms. The maximum absolute atomic E-state index is 5.74. The molecule has 0 radical (unpaired) electrons. The van der Waals surface area contributed by atoms with Gasteiger partial charge in [0.15, 0.2) is 0 Å². The number of nitrogens with zero attached hydrogens (tertiary/aromatic N) is 6. The number of hydrogen-bond donors (Lipinski definition) is 1. The molecule has 0 spiro atoms. The van der Waals surface area contributed by atoms with E-state index in [1.807, 2.05) is 54.4 Å². The van der Waals surface area contributed by atoms with Gasteiger partial charge in [0.25, 0.3) is 0 Å².